The molecule has 1 saturated heterocycles. The number of hydrogen-bond donors (Lipinski definition) is 1. The summed E-state index contributed by atoms with van der Waals surface area (Å²) in [6, 6.07) is 12.3. The smallest absolute Gasteiger partial charge is 0.345 e. The first-order valence-electron chi connectivity index (χ1n) is 13.8. The molecule has 1 aliphatic rings. The van der Waals surface area contributed by atoms with Gasteiger partial charge in [0.15, 0.2) is 8.32 Å². The maximum Gasteiger partial charge on any atom is 0.345 e. The zero-order chi connectivity index (χ0) is 27.2. The first-order chi connectivity index (χ1) is 17.4. The van der Waals surface area contributed by atoms with Crippen LogP contribution in [0.3, 0.4) is 0 Å². The number of unbranched alkanes of at least 4 members (excludes halogenated alkanes) is 2. The van der Waals surface area contributed by atoms with Crippen LogP contribution in [0, 0.1) is 0 Å². The molecule has 1 aliphatic heterocycles. The molecule has 37 heavy (non-hydrogen) atoms. The lowest BCUT2D eigenvalue weighted by Crippen LogP contribution is -2.41. The molecule has 1 fully saturated rings. The minimum atomic E-state index is -1.92. The molecule has 3 rings (SSSR count). The van der Waals surface area contributed by atoms with Crippen molar-refractivity contribution in [1.82, 2.24) is 0 Å². The molecule has 1 N–H and O–H groups in total. The first-order valence-corrected chi connectivity index (χ1v) is 17.6. The Morgan fingerprint density at radius 3 is 2.43 bits per heavy atom. The van der Waals surface area contributed by atoms with Gasteiger partial charge in [-0.1, -0.05) is 59.1 Å². The number of anilines is 1. The molecule has 0 saturated carbocycles. The van der Waals surface area contributed by atoms with Gasteiger partial charge in [0, 0.05) is 23.0 Å². The van der Waals surface area contributed by atoms with Gasteiger partial charge in [-0.3, -0.25) is 4.79 Å². The van der Waals surface area contributed by atoms with Gasteiger partial charge in [0.25, 0.3) is 0 Å². The Kier molecular flexibility index (Phi) is 10.2. The number of aromatic carboxylic acids is 1. The summed E-state index contributed by atoms with van der Waals surface area (Å²) < 4.78 is 6.88. The predicted octanol–water partition coefficient (Wildman–Crippen LogP) is 8.61. The molecule has 1 aromatic carbocycles. The Labute approximate surface area is 228 Å². The molecule has 2 heterocycles. The number of rotatable bonds is 13. The molecule has 1 amide bonds. The van der Waals surface area contributed by atoms with E-state index in [2.05, 4.69) is 65.1 Å². The second-order valence-electron chi connectivity index (χ2n) is 11.9. The van der Waals surface area contributed by atoms with Gasteiger partial charge in [-0.2, -0.15) is 0 Å². The van der Waals surface area contributed by atoms with Gasteiger partial charge in [-0.05, 0) is 80.1 Å². The van der Waals surface area contributed by atoms with E-state index in [1.165, 1.54) is 29.7 Å². The third-order valence-electron chi connectivity index (χ3n) is 8.01. The van der Waals surface area contributed by atoms with E-state index < -0.39 is 14.3 Å². The third kappa shape index (κ3) is 7.77. The van der Waals surface area contributed by atoms with Gasteiger partial charge < -0.3 is 14.4 Å². The molecular formula is C30H45NO4SSi. The van der Waals surface area contributed by atoms with Gasteiger partial charge >= 0.3 is 5.97 Å². The SMILES string of the molecule is CCCCC[C@H](O[Si](C)(C)C(C)(C)C)c1ccc(N2C(=O)CC[C@@H]2CCCc2ccc(C(=O)O)s2)cc1. The average molecular weight is 544 g/mol. The van der Waals surface area contributed by atoms with Crippen molar-refractivity contribution in [2.24, 2.45) is 0 Å². The van der Waals surface area contributed by atoms with Gasteiger partial charge in [0.2, 0.25) is 5.91 Å². The highest BCUT2D eigenvalue weighted by Gasteiger charge is 2.39. The molecule has 0 aliphatic carbocycles. The molecule has 2 aromatic rings. The van der Waals surface area contributed by atoms with Gasteiger partial charge in [0.05, 0.1) is 6.10 Å². The Morgan fingerprint density at radius 2 is 1.84 bits per heavy atom. The van der Waals surface area contributed by atoms with Crippen LogP contribution >= 0.6 is 11.3 Å². The summed E-state index contributed by atoms with van der Waals surface area (Å²) in [6.07, 6.45) is 8.84. The van der Waals surface area contributed by atoms with Crippen molar-refractivity contribution in [3.63, 3.8) is 0 Å². The van der Waals surface area contributed by atoms with Crippen molar-refractivity contribution in [2.45, 2.75) is 116 Å². The number of carboxylic acids is 1. The van der Waals surface area contributed by atoms with Crippen LogP contribution in [0.4, 0.5) is 5.69 Å². The lowest BCUT2D eigenvalue weighted by atomic mass is 10.0. The van der Waals surface area contributed by atoms with E-state index >= 15 is 0 Å². The largest absolute Gasteiger partial charge is 0.477 e. The van der Waals surface area contributed by atoms with Crippen LogP contribution in [0.5, 0.6) is 0 Å². The van der Waals surface area contributed by atoms with Crippen molar-refractivity contribution < 1.29 is 19.1 Å². The monoisotopic (exact) mass is 543 g/mol. The van der Waals surface area contributed by atoms with Gasteiger partial charge in [0.1, 0.15) is 4.88 Å². The molecule has 7 heteroatoms. The number of carbonyl (C=O) groups excluding carboxylic acids is 1. The summed E-state index contributed by atoms with van der Waals surface area (Å²) in [6.45, 7) is 13.7. The number of aryl methyl sites for hydroxylation is 1. The van der Waals surface area contributed by atoms with E-state index in [1.54, 1.807) is 6.07 Å². The molecule has 0 radical (unpaired) electrons. The summed E-state index contributed by atoms with van der Waals surface area (Å²) in [5.41, 5.74) is 2.18. The zero-order valence-corrected chi connectivity index (χ0v) is 25.3. The standard InChI is InChI=1S/C30H45NO4SSi/c1-7-8-9-13-26(35-37(5,6)30(2,3)4)22-14-16-24(17-15-22)31-23(18-21-28(31)32)11-10-12-25-19-20-27(36-25)29(33)34/h14-17,19-20,23,26H,7-13,18,21H2,1-6H3,(H,33,34)/t23-,26-/m0/s1. The van der Waals surface area contributed by atoms with Crippen LogP contribution in [0.15, 0.2) is 36.4 Å². The summed E-state index contributed by atoms with van der Waals surface area (Å²) in [5, 5.41) is 9.30. The quantitative estimate of drug-likeness (QED) is 0.203. The van der Waals surface area contributed by atoms with Crippen LogP contribution < -0.4 is 4.90 Å². The molecule has 2 atom stereocenters. The van der Waals surface area contributed by atoms with Crippen LogP contribution in [0.25, 0.3) is 0 Å². The summed E-state index contributed by atoms with van der Waals surface area (Å²) in [5.74, 6) is -0.673. The van der Waals surface area contributed by atoms with Crippen LogP contribution in [-0.4, -0.2) is 31.3 Å². The predicted molar refractivity (Wildman–Crippen MR) is 156 cm³/mol. The maximum absolute atomic E-state index is 12.8. The number of amides is 1. The molecular weight excluding hydrogens is 498 g/mol. The molecule has 0 spiro atoms. The van der Waals surface area contributed by atoms with Crippen LogP contribution in [-0.2, 0) is 15.6 Å². The highest BCUT2D eigenvalue weighted by molar-refractivity contribution is 7.13. The van der Waals surface area contributed by atoms with E-state index in [4.69, 9.17) is 9.53 Å². The minimum absolute atomic E-state index is 0.0908. The molecule has 0 bridgehead atoms. The van der Waals surface area contributed by atoms with Crippen LogP contribution in [0.2, 0.25) is 18.1 Å². The average Bonchev–Trinajstić information content (AvgIpc) is 3.45. The Hall–Kier alpha value is -1.96. The van der Waals surface area contributed by atoms with Crippen molar-refractivity contribution >= 4 is 37.2 Å². The highest BCUT2D eigenvalue weighted by Crippen LogP contribution is 2.41. The van der Waals surface area contributed by atoms with E-state index in [0.29, 0.717) is 11.3 Å². The fourth-order valence-electron chi connectivity index (χ4n) is 4.77. The molecule has 0 unspecified atom stereocenters. The van der Waals surface area contributed by atoms with Gasteiger partial charge in [-0.15, -0.1) is 11.3 Å². The topological polar surface area (TPSA) is 66.8 Å². The summed E-state index contributed by atoms with van der Waals surface area (Å²) >= 11 is 1.35. The number of hydrogen-bond acceptors (Lipinski definition) is 4. The number of nitrogens with zero attached hydrogens (tertiary/aromatic N) is 1. The molecule has 204 valence electrons. The third-order valence-corrected chi connectivity index (χ3v) is 13.6. The van der Waals surface area contributed by atoms with Gasteiger partial charge in [-0.25, -0.2) is 4.79 Å². The van der Waals surface area contributed by atoms with E-state index in [1.807, 2.05) is 11.0 Å². The lowest BCUT2D eigenvalue weighted by Gasteiger charge is -2.39. The number of carboxylic acid groups (broad SMARTS) is 1. The summed E-state index contributed by atoms with van der Waals surface area (Å²) in [7, 11) is -1.92. The second kappa shape index (κ2) is 12.7. The van der Waals surface area contributed by atoms with Crippen molar-refractivity contribution in [2.75, 3.05) is 4.90 Å². The van der Waals surface area contributed by atoms with E-state index in [9.17, 15) is 9.59 Å². The molecule has 5 nitrogen and oxygen atoms in total. The number of benzene rings is 1. The normalized spacial score (nSPS) is 17.4. The Balaban J connectivity index is 1.68. The zero-order valence-electron chi connectivity index (χ0n) is 23.5. The fourth-order valence-corrected chi connectivity index (χ4v) is 6.97. The van der Waals surface area contributed by atoms with E-state index in [-0.39, 0.29) is 23.1 Å². The van der Waals surface area contributed by atoms with E-state index in [0.717, 1.165) is 49.1 Å². The lowest BCUT2D eigenvalue weighted by molar-refractivity contribution is -0.117. The van der Waals surface area contributed by atoms with Crippen molar-refractivity contribution in [1.29, 1.82) is 0 Å². The maximum atomic E-state index is 12.8. The number of thiophene rings is 1. The number of carbonyl (C=O) groups is 2. The van der Waals surface area contributed by atoms with Crippen molar-refractivity contribution in [3.8, 4) is 0 Å². The minimum Gasteiger partial charge on any atom is -0.477 e. The first kappa shape index (κ1) is 29.6. The summed E-state index contributed by atoms with van der Waals surface area (Å²) in [4.78, 5) is 27.4. The van der Waals surface area contributed by atoms with Crippen molar-refractivity contribution in [3.05, 3.63) is 51.7 Å². The Bertz CT molecular complexity index is 1040. The fraction of sp³-hybridized carbons (Fsp3) is 0.600. The van der Waals surface area contributed by atoms with Crippen LogP contribution in [0.1, 0.15) is 105 Å². The Morgan fingerprint density at radius 1 is 1.14 bits per heavy atom. The highest BCUT2D eigenvalue weighted by atomic mass is 32.1. The molecule has 1 aromatic heterocycles. The second-order valence-corrected chi connectivity index (χ2v) is 17.8.